The Hall–Kier alpha value is -2.87. The van der Waals surface area contributed by atoms with Gasteiger partial charge in [-0.2, -0.15) is 0 Å². The monoisotopic (exact) mass is 358 g/mol. The van der Waals surface area contributed by atoms with Gasteiger partial charge in [-0.3, -0.25) is 9.36 Å². The first-order chi connectivity index (χ1) is 12.2. The van der Waals surface area contributed by atoms with Gasteiger partial charge in [-0.15, -0.1) is 10.2 Å². The number of nitrogens with one attached hydrogen (secondary N) is 1. The Kier molecular flexibility index (Phi) is 5.30. The number of nitrogens with zero attached hydrogens (tertiary/aromatic N) is 3. The lowest BCUT2D eigenvalue weighted by Crippen LogP contribution is -2.15. The van der Waals surface area contributed by atoms with Gasteiger partial charge in [0.2, 0.25) is 5.91 Å². The number of carbonyl (C=O) groups is 1. The highest BCUT2D eigenvalue weighted by atomic mass is 32.2. The molecule has 8 heteroatoms. The number of thioether (sulfide) groups is 1. The van der Waals surface area contributed by atoms with E-state index in [1.165, 1.54) is 35.8 Å². The van der Waals surface area contributed by atoms with Crippen LogP contribution in [0.1, 0.15) is 0 Å². The van der Waals surface area contributed by atoms with Crippen LogP contribution in [0.2, 0.25) is 0 Å². The summed E-state index contributed by atoms with van der Waals surface area (Å²) < 4.78 is 20.6. The number of methoxy groups -OCH3 is 1. The van der Waals surface area contributed by atoms with Crippen LogP contribution in [0.5, 0.6) is 5.75 Å². The molecule has 0 radical (unpaired) electrons. The molecule has 1 N–H and O–H groups in total. The fourth-order valence-corrected chi connectivity index (χ4v) is 2.92. The minimum absolute atomic E-state index is 0.102. The van der Waals surface area contributed by atoms with E-state index in [2.05, 4.69) is 15.5 Å². The number of hydrogen-bond donors (Lipinski definition) is 1. The molecule has 0 unspecified atom stereocenters. The zero-order valence-corrected chi connectivity index (χ0v) is 14.2. The van der Waals surface area contributed by atoms with Crippen molar-refractivity contribution in [1.82, 2.24) is 14.8 Å². The predicted molar refractivity (Wildman–Crippen MR) is 93.7 cm³/mol. The van der Waals surface area contributed by atoms with E-state index < -0.39 is 0 Å². The van der Waals surface area contributed by atoms with Crippen LogP contribution in [0.3, 0.4) is 0 Å². The highest BCUT2D eigenvalue weighted by molar-refractivity contribution is 7.99. The SMILES string of the molecule is COc1ccccc1NC(=O)CSc1nncn1-c1ccccc1F. The summed E-state index contributed by atoms with van der Waals surface area (Å²) >= 11 is 1.17. The molecule has 3 rings (SSSR count). The molecule has 0 fully saturated rings. The second-order valence-electron chi connectivity index (χ2n) is 4.97. The minimum atomic E-state index is -0.386. The van der Waals surface area contributed by atoms with Gasteiger partial charge in [0.1, 0.15) is 17.9 Å². The molecule has 0 aliphatic rings. The van der Waals surface area contributed by atoms with Crippen LogP contribution in [0.4, 0.5) is 10.1 Å². The fourth-order valence-electron chi connectivity index (χ4n) is 2.20. The summed E-state index contributed by atoms with van der Waals surface area (Å²) in [5.74, 6) is 0.0705. The van der Waals surface area contributed by atoms with Crippen molar-refractivity contribution in [2.75, 3.05) is 18.2 Å². The first-order valence-electron chi connectivity index (χ1n) is 7.39. The van der Waals surface area contributed by atoms with Crippen molar-refractivity contribution >= 4 is 23.4 Å². The number of anilines is 1. The van der Waals surface area contributed by atoms with Crippen LogP contribution in [0.25, 0.3) is 5.69 Å². The van der Waals surface area contributed by atoms with Crippen molar-refractivity contribution < 1.29 is 13.9 Å². The summed E-state index contributed by atoms with van der Waals surface area (Å²) in [6.45, 7) is 0. The Morgan fingerprint density at radius 2 is 2.00 bits per heavy atom. The number of halogens is 1. The van der Waals surface area contributed by atoms with Crippen molar-refractivity contribution in [2.45, 2.75) is 5.16 Å². The first kappa shape index (κ1) is 17.0. The molecule has 1 heterocycles. The third-order valence-electron chi connectivity index (χ3n) is 3.34. The minimum Gasteiger partial charge on any atom is -0.495 e. The summed E-state index contributed by atoms with van der Waals surface area (Å²) in [5, 5.41) is 11.0. The number of benzene rings is 2. The van der Waals surface area contributed by atoms with Crippen molar-refractivity contribution in [2.24, 2.45) is 0 Å². The van der Waals surface area contributed by atoms with Crippen molar-refractivity contribution in [3.8, 4) is 11.4 Å². The van der Waals surface area contributed by atoms with Crippen molar-refractivity contribution in [1.29, 1.82) is 0 Å². The van der Waals surface area contributed by atoms with Crippen molar-refractivity contribution in [3.63, 3.8) is 0 Å². The third kappa shape index (κ3) is 3.97. The number of para-hydroxylation sites is 3. The van der Waals surface area contributed by atoms with E-state index in [1.54, 1.807) is 36.4 Å². The number of amides is 1. The summed E-state index contributed by atoms with van der Waals surface area (Å²) in [6.07, 6.45) is 1.42. The van der Waals surface area contributed by atoms with E-state index >= 15 is 0 Å². The van der Waals surface area contributed by atoms with Gasteiger partial charge in [0.05, 0.1) is 24.2 Å². The van der Waals surface area contributed by atoms with Crippen LogP contribution in [0, 0.1) is 5.82 Å². The Morgan fingerprint density at radius 1 is 1.24 bits per heavy atom. The average Bonchev–Trinajstić information content (AvgIpc) is 3.09. The van der Waals surface area contributed by atoms with E-state index in [4.69, 9.17) is 4.74 Å². The number of rotatable bonds is 6. The normalized spacial score (nSPS) is 10.5. The third-order valence-corrected chi connectivity index (χ3v) is 4.28. The molecule has 1 aromatic heterocycles. The molecule has 128 valence electrons. The van der Waals surface area contributed by atoms with Gasteiger partial charge in [-0.1, -0.05) is 36.0 Å². The Balaban J connectivity index is 1.68. The molecule has 0 saturated heterocycles. The topological polar surface area (TPSA) is 69.0 Å². The van der Waals surface area contributed by atoms with Gasteiger partial charge in [0, 0.05) is 0 Å². The lowest BCUT2D eigenvalue weighted by molar-refractivity contribution is -0.113. The van der Waals surface area contributed by atoms with Crippen LogP contribution >= 0.6 is 11.8 Å². The number of carbonyl (C=O) groups excluding carboxylic acids is 1. The highest BCUT2D eigenvalue weighted by Crippen LogP contribution is 2.25. The van der Waals surface area contributed by atoms with Gasteiger partial charge in [0.25, 0.3) is 0 Å². The maximum Gasteiger partial charge on any atom is 0.234 e. The zero-order valence-electron chi connectivity index (χ0n) is 13.3. The zero-order chi connectivity index (χ0) is 17.6. The van der Waals surface area contributed by atoms with E-state index in [-0.39, 0.29) is 17.5 Å². The molecule has 0 spiro atoms. The van der Waals surface area contributed by atoms with Gasteiger partial charge in [0.15, 0.2) is 5.16 Å². The Morgan fingerprint density at radius 3 is 2.80 bits per heavy atom. The molecule has 1 amide bonds. The molecule has 6 nitrogen and oxygen atoms in total. The Bertz CT molecular complexity index is 884. The van der Waals surface area contributed by atoms with Gasteiger partial charge < -0.3 is 10.1 Å². The van der Waals surface area contributed by atoms with Crippen LogP contribution < -0.4 is 10.1 Å². The maximum atomic E-state index is 13.9. The van der Waals surface area contributed by atoms with Crippen LogP contribution in [-0.2, 0) is 4.79 Å². The molecule has 0 aliphatic heterocycles. The number of hydrogen-bond acceptors (Lipinski definition) is 5. The quantitative estimate of drug-likeness (QED) is 0.686. The summed E-state index contributed by atoms with van der Waals surface area (Å²) in [4.78, 5) is 12.2. The highest BCUT2D eigenvalue weighted by Gasteiger charge is 2.13. The molecule has 0 aliphatic carbocycles. The van der Waals surface area contributed by atoms with E-state index in [9.17, 15) is 9.18 Å². The van der Waals surface area contributed by atoms with Crippen LogP contribution in [-0.4, -0.2) is 33.5 Å². The van der Waals surface area contributed by atoms with Gasteiger partial charge in [-0.05, 0) is 24.3 Å². The molecule has 2 aromatic carbocycles. The fraction of sp³-hybridized carbons (Fsp3) is 0.118. The molecule has 25 heavy (non-hydrogen) atoms. The number of ether oxygens (including phenoxy) is 1. The summed E-state index contributed by atoms with van der Waals surface area (Å²) in [7, 11) is 1.54. The Labute approximate surface area is 148 Å². The lowest BCUT2D eigenvalue weighted by atomic mass is 10.3. The smallest absolute Gasteiger partial charge is 0.234 e. The standard InChI is InChI=1S/C17H15FN4O2S/c1-24-15-9-5-3-7-13(15)20-16(23)10-25-17-21-19-11-22(17)14-8-4-2-6-12(14)18/h2-9,11H,10H2,1H3,(H,20,23). The van der Waals surface area contributed by atoms with Gasteiger partial charge >= 0.3 is 0 Å². The maximum absolute atomic E-state index is 13.9. The van der Waals surface area contributed by atoms with Crippen molar-refractivity contribution in [3.05, 3.63) is 60.7 Å². The predicted octanol–water partition coefficient (Wildman–Crippen LogP) is 3.15. The number of aromatic nitrogens is 3. The average molecular weight is 358 g/mol. The van der Waals surface area contributed by atoms with E-state index in [0.717, 1.165) is 0 Å². The summed E-state index contributed by atoms with van der Waals surface area (Å²) in [6, 6.07) is 13.5. The van der Waals surface area contributed by atoms with E-state index in [1.807, 2.05) is 6.07 Å². The molecule has 0 saturated carbocycles. The molecule has 0 bridgehead atoms. The second kappa shape index (κ2) is 7.80. The largest absolute Gasteiger partial charge is 0.495 e. The first-order valence-corrected chi connectivity index (χ1v) is 8.38. The van der Waals surface area contributed by atoms with E-state index in [0.29, 0.717) is 22.3 Å². The molecule has 3 aromatic rings. The molecular formula is C17H15FN4O2S. The second-order valence-corrected chi connectivity index (χ2v) is 5.91. The summed E-state index contributed by atoms with van der Waals surface area (Å²) in [5.41, 5.74) is 0.923. The van der Waals surface area contributed by atoms with Crippen LogP contribution in [0.15, 0.2) is 60.0 Å². The van der Waals surface area contributed by atoms with Gasteiger partial charge in [-0.25, -0.2) is 4.39 Å². The lowest BCUT2D eigenvalue weighted by Gasteiger charge is -2.10. The molecule has 0 atom stereocenters. The molecular weight excluding hydrogens is 343 g/mol.